The summed E-state index contributed by atoms with van der Waals surface area (Å²) in [5, 5.41) is 37.3. The number of carbonyl (C=O) groups is 2. The summed E-state index contributed by atoms with van der Waals surface area (Å²) >= 11 is 0. The molecule has 0 spiro atoms. The van der Waals surface area contributed by atoms with E-state index in [0.29, 0.717) is 11.1 Å². The van der Waals surface area contributed by atoms with Crippen LogP contribution in [0, 0.1) is 13.8 Å². The van der Waals surface area contributed by atoms with Crippen LogP contribution in [0.25, 0.3) is 0 Å². The van der Waals surface area contributed by atoms with Gasteiger partial charge >= 0.3 is 11.9 Å². The van der Waals surface area contributed by atoms with Crippen LogP contribution in [-0.4, -0.2) is 38.5 Å². The van der Waals surface area contributed by atoms with Crippen molar-refractivity contribution in [2.45, 2.75) is 25.6 Å². The van der Waals surface area contributed by atoms with Crippen LogP contribution < -0.4 is 0 Å². The average molecular weight is 254 g/mol. The standard InChI is InChI=1S/C12H14O6/c1-6-4-3-5-8(7(6)2)12(18,11(16)17)9(13)10(14)15/h3-5,9,13,18H,1-2H3,(H,14,15)(H,16,17)/t9-,12+/m0/s1. The highest BCUT2D eigenvalue weighted by molar-refractivity contribution is 5.88. The lowest BCUT2D eigenvalue weighted by atomic mass is 9.84. The van der Waals surface area contributed by atoms with Gasteiger partial charge in [-0.15, -0.1) is 0 Å². The Morgan fingerprint density at radius 1 is 1.22 bits per heavy atom. The SMILES string of the molecule is Cc1cccc([C@](O)(C(=O)O)[C@@H](O)C(=O)O)c1C. The summed E-state index contributed by atoms with van der Waals surface area (Å²) in [5.74, 6) is -3.62. The Morgan fingerprint density at radius 2 is 1.78 bits per heavy atom. The van der Waals surface area contributed by atoms with Gasteiger partial charge in [-0.2, -0.15) is 0 Å². The van der Waals surface area contributed by atoms with Crippen LogP contribution in [-0.2, 0) is 15.2 Å². The summed E-state index contributed by atoms with van der Waals surface area (Å²) in [4.78, 5) is 21.9. The van der Waals surface area contributed by atoms with E-state index < -0.39 is 23.6 Å². The molecule has 0 bridgehead atoms. The van der Waals surface area contributed by atoms with Gasteiger partial charge < -0.3 is 20.4 Å². The van der Waals surface area contributed by atoms with Crippen LogP contribution in [0.4, 0.5) is 0 Å². The lowest BCUT2D eigenvalue weighted by molar-refractivity contribution is -0.185. The molecule has 2 atom stereocenters. The zero-order valence-electron chi connectivity index (χ0n) is 9.91. The molecule has 0 unspecified atom stereocenters. The van der Waals surface area contributed by atoms with Gasteiger partial charge in [0, 0.05) is 5.56 Å². The fraction of sp³-hybridized carbons (Fsp3) is 0.333. The Morgan fingerprint density at radius 3 is 2.22 bits per heavy atom. The number of aliphatic hydroxyl groups is 2. The van der Waals surface area contributed by atoms with Gasteiger partial charge in [0.25, 0.3) is 0 Å². The highest BCUT2D eigenvalue weighted by atomic mass is 16.4. The highest BCUT2D eigenvalue weighted by Gasteiger charge is 2.50. The van der Waals surface area contributed by atoms with E-state index in [1.54, 1.807) is 19.9 Å². The van der Waals surface area contributed by atoms with E-state index >= 15 is 0 Å². The number of hydrogen-bond acceptors (Lipinski definition) is 4. The fourth-order valence-electron chi connectivity index (χ4n) is 1.72. The number of benzene rings is 1. The minimum Gasteiger partial charge on any atom is -0.479 e. The van der Waals surface area contributed by atoms with E-state index in [2.05, 4.69) is 0 Å². The molecule has 0 saturated carbocycles. The molecular formula is C12H14O6. The maximum absolute atomic E-state index is 11.2. The molecular weight excluding hydrogens is 240 g/mol. The van der Waals surface area contributed by atoms with Crippen LogP contribution in [0.3, 0.4) is 0 Å². The minimum absolute atomic E-state index is 0.134. The van der Waals surface area contributed by atoms with Crippen LogP contribution in [0.2, 0.25) is 0 Å². The summed E-state index contributed by atoms with van der Waals surface area (Å²) < 4.78 is 0. The Balaban J connectivity index is 3.51. The third-order valence-electron chi connectivity index (χ3n) is 2.97. The van der Waals surface area contributed by atoms with Crippen molar-refractivity contribution in [3.63, 3.8) is 0 Å². The molecule has 0 aliphatic heterocycles. The lowest BCUT2D eigenvalue weighted by Gasteiger charge is -2.28. The topological polar surface area (TPSA) is 115 Å². The molecule has 6 heteroatoms. The molecule has 0 aromatic heterocycles. The quantitative estimate of drug-likeness (QED) is 0.602. The van der Waals surface area contributed by atoms with Gasteiger partial charge in [-0.3, -0.25) is 0 Å². The molecule has 6 nitrogen and oxygen atoms in total. The second-order valence-electron chi connectivity index (χ2n) is 4.06. The zero-order valence-corrected chi connectivity index (χ0v) is 9.91. The summed E-state index contributed by atoms with van der Waals surface area (Å²) in [6, 6.07) is 4.46. The largest absolute Gasteiger partial charge is 0.479 e. The Labute approximate surface area is 103 Å². The van der Waals surface area contributed by atoms with Crippen molar-refractivity contribution in [1.82, 2.24) is 0 Å². The van der Waals surface area contributed by atoms with Crippen molar-refractivity contribution in [3.8, 4) is 0 Å². The Kier molecular flexibility index (Phi) is 3.73. The first kappa shape index (κ1) is 14.1. The molecule has 98 valence electrons. The molecule has 0 saturated heterocycles. The van der Waals surface area contributed by atoms with Crippen LogP contribution in [0.5, 0.6) is 0 Å². The van der Waals surface area contributed by atoms with E-state index in [4.69, 9.17) is 10.2 Å². The normalized spacial score (nSPS) is 15.8. The van der Waals surface area contributed by atoms with Gasteiger partial charge in [0.2, 0.25) is 5.60 Å². The van der Waals surface area contributed by atoms with E-state index in [0.717, 1.165) is 0 Å². The van der Waals surface area contributed by atoms with Crippen LogP contribution in [0.15, 0.2) is 18.2 Å². The molecule has 1 rings (SSSR count). The number of aryl methyl sites for hydroxylation is 1. The predicted octanol–water partition coefficient (Wildman–Crippen LogP) is 0.0211. The molecule has 4 N–H and O–H groups in total. The summed E-state index contributed by atoms with van der Waals surface area (Å²) in [6.07, 6.45) is -2.45. The smallest absolute Gasteiger partial charge is 0.343 e. The van der Waals surface area contributed by atoms with Crippen molar-refractivity contribution in [2.75, 3.05) is 0 Å². The van der Waals surface area contributed by atoms with Gasteiger partial charge in [-0.1, -0.05) is 18.2 Å². The average Bonchev–Trinajstić information content (AvgIpc) is 2.30. The summed E-state index contributed by atoms with van der Waals surface area (Å²) in [7, 11) is 0. The Bertz CT molecular complexity index is 495. The van der Waals surface area contributed by atoms with Gasteiger partial charge in [-0.25, -0.2) is 9.59 Å². The molecule has 1 aromatic rings. The third kappa shape index (κ3) is 2.07. The number of aliphatic hydroxyl groups excluding tert-OH is 1. The monoisotopic (exact) mass is 254 g/mol. The van der Waals surface area contributed by atoms with Crippen molar-refractivity contribution < 1.29 is 30.0 Å². The highest BCUT2D eigenvalue weighted by Crippen LogP contribution is 2.30. The molecule has 0 heterocycles. The van der Waals surface area contributed by atoms with E-state index in [9.17, 15) is 19.8 Å². The van der Waals surface area contributed by atoms with Crippen LogP contribution >= 0.6 is 0 Å². The number of carboxylic acids is 2. The van der Waals surface area contributed by atoms with E-state index in [1.165, 1.54) is 12.1 Å². The molecule has 0 aliphatic rings. The maximum Gasteiger partial charge on any atom is 0.343 e. The number of rotatable bonds is 4. The molecule has 18 heavy (non-hydrogen) atoms. The zero-order chi connectivity index (χ0) is 14.1. The number of aliphatic carboxylic acids is 2. The minimum atomic E-state index is -2.87. The van der Waals surface area contributed by atoms with Crippen molar-refractivity contribution in [1.29, 1.82) is 0 Å². The molecule has 0 radical (unpaired) electrons. The van der Waals surface area contributed by atoms with Gasteiger partial charge in [-0.05, 0) is 25.0 Å². The van der Waals surface area contributed by atoms with Crippen molar-refractivity contribution >= 4 is 11.9 Å². The first-order valence-electron chi connectivity index (χ1n) is 5.16. The van der Waals surface area contributed by atoms with Crippen molar-refractivity contribution in [3.05, 3.63) is 34.9 Å². The predicted molar refractivity (Wildman–Crippen MR) is 61.1 cm³/mol. The molecule has 0 amide bonds. The van der Waals surface area contributed by atoms with Gasteiger partial charge in [0.1, 0.15) is 0 Å². The van der Waals surface area contributed by atoms with Crippen molar-refractivity contribution in [2.24, 2.45) is 0 Å². The molecule has 1 aromatic carbocycles. The number of carboxylic acid groups (broad SMARTS) is 2. The van der Waals surface area contributed by atoms with Gasteiger partial charge in [0.05, 0.1) is 0 Å². The summed E-state index contributed by atoms with van der Waals surface area (Å²) in [5.41, 5.74) is -1.90. The maximum atomic E-state index is 11.2. The lowest BCUT2D eigenvalue weighted by Crippen LogP contribution is -2.51. The first-order chi connectivity index (χ1) is 8.22. The summed E-state index contributed by atoms with van der Waals surface area (Å²) in [6.45, 7) is 3.24. The second kappa shape index (κ2) is 4.75. The van der Waals surface area contributed by atoms with E-state index in [-0.39, 0.29) is 5.56 Å². The first-order valence-corrected chi connectivity index (χ1v) is 5.16. The van der Waals surface area contributed by atoms with Crippen LogP contribution in [0.1, 0.15) is 16.7 Å². The molecule has 0 fully saturated rings. The fourth-order valence-corrected chi connectivity index (χ4v) is 1.72. The second-order valence-corrected chi connectivity index (χ2v) is 4.06. The van der Waals surface area contributed by atoms with Gasteiger partial charge in [0.15, 0.2) is 6.10 Å². The molecule has 0 aliphatic carbocycles. The number of hydrogen-bond donors (Lipinski definition) is 4. The Hall–Kier alpha value is -1.92. The third-order valence-corrected chi connectivity index (χ3v) is 2.97. The van der Waals surface area contributed by atoms with E-state index in [1.807, 2.05) is 0 Å².